The van der Waals surface area contributed by atoms with Crippen LogP contribution in [0.4, 0.5) is 0 Å². The molecule has 0 saturated heterocycles. The Labute approximate surface area is 111 Å². The average molecular weight is 250 g/mol. The Bertz CT molecular complexity index is 678. The first-order valence-electron chi connectivity index (χ1n) is 6.18. The summed E-state index contributed by atoms with van der Waals surface area (Å²) >= 11 is 0. The molecule has 1 aromatic heterocycles. The molecular weight excluding hydrogens is 236 g/mol. The van der Waals surface area contributed by atoms with Gasteiger partial charge in [-0.2, -0.15) is 0 Å². The van der Waals surface area contributed by atoms with Crippen LogP contribution in [0.2, 0.25) is 0 Å². The van der Waals surface area contributed by atoms with E-state index < -0.39 is 0 Å². The molecule has 0 aliphatic rings. The Morgan fingerprint density at radius 2 is 1.79 bits per heavy atom. The number of hydrogen-bond acceptors (Lipinski definition) is 3. The highest BCUT2D eigenvalue weighted by Gasteiger charge is 2.00. The predicted octanol–water partition coefficient (Wildman–Crippen LogP) is 3.46. The topological polar surface area (TPSA) is 52.0 Å². The average Bonchev–Trinajstić information content (AvgIpc) is 2.88. The van der Waals surface area contributed by atoms with Gasteiger partial charge in [-0.25, -0.2) is 4.98 Å². The number of aromatic nitrogens is 1. The van der Waals surface area contributed by atoms with Crippen molar-refractivity contribution < 1.29 is 4.42 Å². The van der Waals surface area contributed by atoms with Gasteiger partial charge < -0.3 is 10.2 Å². The van der Waals surface area contributed by atoms with Crippen molar-refractivity contribution >= 4 is 23.3 Å². The van der Waals surface area contributed by atoms with Crippen LogP contribution in [-0.2, 0) is 6.54 Å². The quantitative estimate of drug-likeness (QED) is 0.774. The molecule has 0 atom stereocenters. The second kappa shape index (κ2) is 5.08. The number of nitrogens with zero attached hydrogens (tertiary/aromatic N) is 1. The van der Waals surface area contributed by atoms with Gasteiger partial charge in [0.15, 0.2) is 5.58 Å². The van der Waals surface area contributed by atoms with Gasteiger partial charge in [0.1, 0.15) is 5.52 Å². The van der Waals surface area contributed by atoms with E-state index in [-0.39, 0.29) is 0 Å². The molecule has 3 nitrogen and oxygen atoms in total. The molecule has 0 amide bonds. The van der Waals surface area contributed by atoms with Gasteiger partial charge in [-0.3, -0.25) is 0 Å². The Morgan fingerprint density at radius 1 is 1.00 bits per heavy atom. The molecule has 1 heterocycles. The van der Waals surface area contributed by atoms with Gasteiger partial charge in [-0.15, -0.1) is 0 Å². The molecular formula is C16H14N2O. The molecule has 0 radical (unpaired) electrons. The molecule has 0 aliphatic heterocycles. The second-order valence-electron chi connectivity index (χ2n) is 4.30. The molecule has 19 heavy (non-hydrogen) atoms. The fourth-order valence-corrected chi connectivity index (χ4v) is 1.89. The van der Waals surface area contributed by atoms with Gasteiger partial charge in [0.2, 0.25) is 5.89 Å². The van der Waals surface area contributed by atoms with Crippen LogP contribution in [0.15, 0.2) is 52.9 Å². The van der Waals surface area contributed by atoms with Crippen molar-refractivity contribution in [3.8, 4) is 0 Å². The van der Waals surface area contributed by atoms with Crippen molar-refractivity contribution in [3.63, 3.8) is 0 Å². The summed E-state index contributed by atoms with van der Waals surface area (Å²) in [7, 11) is 0. The van der Waals surface area contributed by atoms with Gasteiger partial charge in [0, 0.05) is 12.6 Å². The highest BCUT2D eigenvalue weighted by Crippen LogP contribution is 2.16. The number of rotatable bonds is 3. The minimum atomic E-state index is 0.565. The molecule has 3 heteroatoms. The summed E-state index contributed by atoms with van der Waals surface area (Å²) in [5.41, 5.74) is 9.47. The Morgan fingerprint density at radius 3 is 2.53 bits per heavy atom. The van der Waals surface area contributed by atoms with Crippen LogP contribution in [0.5, 0.6) is 0 Å². The highest BCUT2D eigenvalue weighted by atomic mass is 16.3. The smallest absolute Gasteiger partial charge is 0.220 e. The van der Waals surface area contributed by atoms with Crippen LogP contribution in [0, 0.1) is 0 Å². The second-order valence-corrected chi connectivity index (χ2v) is 4.30. The zero-order valence-electron chi connectivity index (χ0n) is 10.4. The van der Waals surface area contributed by atoms with E-state index >= 15 is 0 Å². The maximum absolute atomic E-state index is 5.62. The van der Waals surface area contributed by atoms with Gasteiger partial charge in [0.25, 0.3) is 0 Å². The van der Waals surface area contributed by atoms with Crippen LogP contribution in [0.3, 0.4) is 0 Å². The molecule has 0 fully saturated rings. The van der Waals surface area contributed by atoms with E-state index in [0.717, 1.165) is 22.2 Å². The maximum Gasteiger partial charge on any atom is 0.220 e. The summed E-state index contributed by atoms with van der Waals surface area (Å²) in [4.78, 5) is 4.39. The zero-order valence-corrected chi connectivity index (χ0v) is 10.4. The van der Waals surface area contributed by atoms with Crippen molar-refractivity contribution in [2.75, 3.05) is 0 Å². The first-order chi connectivity index (χ1) is 9.35. The van der Waals surface area contributed by atoms with Crippen molar-refractivity contribution in [3.05, 3.63) is 65.5 Å². The minimum absolute atomic E-state index is 0.565. The maximum atomic E-state index is 5.62. The number of para-hydroxylation sites is 2. The summed E-state index contributed by atoms with van der Waals surface area (Å²) < 4.78 is 5.62. The van der Waals surface area contributed by atoms with Crippen molar-refractivity contribution in [1.82, 2.24) is 4.98 Å². The Balaban J connectivity index is 1.84. The molecule has 2 N–H and O–H groups in total. The van der Waals surface area contributed by atoms with Crippen LogP contribution in [0.25, 0.3) is 23.3 Å². The summed E-state index contributed by atoms with van der Waals surface area (Å²) in [5.74, 6) is 0.615. The molecule has 94 valence electrons. The van der Waals surface area contributed by atoms with Gasteiger partial charge in [-0.1, -0.05) is 36.4 Å². The number of hydrogen-bond donors (Lipinski definition) is 1. The fourth-order valence-electron chi connectivity index (χ4n) is 1.89. The minimum Gasteiger partial charge on any atom is -0.437 e. The van der Waals surface area contributed by atoms with E-state index in [1.165, 1.54) is 0 Å². The molecule has 3 rings (SSSR count). The molecule has 0 saturated carbocycles. The molecule has 0 unspecified atom stereocenters. The lowest BCUT2D eigenvalue weighted by molar-refractivity contribution is 0.590. The van der Waals surface area contributed by atoms with Crippen molar-refractivity contribution in [1.29, 1.82) is 0 Å². The Hall–Kier alpha value is -2.39. The SMILES string of the molecule is NCc1ccc(C=Cc2nc3ccccc3o2)cc1. The summed E-state index contributed by atoms with van der Waals surface area (Å²) in [5, 5.41) is 0. The molecule has 0 spiro atoms. The summed E-state index contributed by atoms with van der Waals surface area (Å²) in [6, 6.07) is 15.8. The molecule has 2 aromatic carbocycles. The van der Waals surface area contributed by atoms with E-state index in [1.54, 1.807) is 0 Å². The summed E-state index contributed by atoms with van der Waals surface area (Å²) in [6.45, 7) is 0.565. The third kappa shape index (κ3) is 2.56. The third-order valence-electron chi connectivity index (χ3n) is 2.94. The van der Waals surface area contributed by atoms with Gasteiger partial charge in [0.05, 0.1) is 0 Å². The van der Waals surface area contributed by atoms with Gasteiger partial charge >= 0.3 is 0 Å². The monoisotopic (exact) mass is 250 g/mol. The van der Waals surface area contributed by atoms with Crippen LogP contribution >= 0.6 is 0 Å². The molecule has 0 aliphatic carbocycles. The van der Waals surface area contributed by atoms with Crippen LogP contribution in [0.1, 0.15) is 17.0 Å². The fraction of sp³-hybridized carbons (Fsp3) is 0.0625. The Kier molecular flexibility index (Phi) is 3.12. The number of nitrogens with two attached hydrogens (primary N) is 1. The number of oxazole rings is 1. The van der Waals surface area contributed by atoms with Gasteiger partial charge in [-0.05, 0) is 29.3 Å². The van der Waals surface area contributed by atoms with Crippen LogP contribution < -0.4 is 5.73 Å². The molecule has 3 aromatic rings. The lowest BCUT2D eigenvalue weighted by atomic mass is 10.1. The van der Waals surface area contributed by atoms with Crippen LogP contribution in [-0.4, -0.2) is 4.98 Å². The normalized spacial score (nSPS) is 11.4. The number of benzene rings is 2. The van der Waals surface area contributed by atoms with E-state index in [1.807, 2.05) is 60.7 Å². The van der Waals surface area contributed by atoms with E-state index in [2.05, 4.69) is 4.98 Å². The number of fused-ring (bicyclic) bond motifs is 1. The first-order valence-corrected chi connectivity index (χ1v) is 6.18. The lowest BCUT2D eigenvalue weighted by Crippen LogP contribution is -1.94. The predicted molar refractivity (Wildman–Crippen MR) is 77.3 cm³/mol. The molecule has 0 bridgehead atoms. The van der Waals surface area contributed by atoms with E-state index in [0.29, 0.717) is 12.4 Å². The van der Waals surface area contributed by atoms with Crippen molar-refractivity contribution in [2.45, 2.75) is 6.54 Å². The largest absolute Gasteiger partial charge is 0.437 e. The lowest BCUT2D eigenvalue weighted by Gasteiger charge is -1.96. The standard InChI is InChI=1S/C16H14N2O/c17-11-13-7-5-12(6-8-13)9-10-16-18-14-3-1-2-4-15(14)19-16/h1-10H,11,17H2. The first kappa shape index (κ1) is 11.7. The summed E-state index contributed by atoms with van der Waals surface area (Å²) in [6.07, 6.45) is 3.85. The zero-order chi connectivity index (χ0) is 13.1. The third-order valence-corrected chi connectivity index (χ3v) is 2.94. The van der Waals surface area contributed by atoms with E-state index in [4.69, 9.17) is 10.2 Å². The van der Waals surface area contributed by atoms with Crippen molar-refractivity contribution in [2.24, 2.45) is 5.73 Å². The highest BCUT2D eigenvalue weighted by molar-refractivity contribution is 5.75. The van der Waals surface area contributed by atoms with E-state index in [9.17, 15) is 0 Å².